The summed E-state index contributed by atoms with van der Waals surface area (Å²) in [6.45, 7) is 0. The molecule has 6 nitrogen and oxygen atoms in total. The van der Waals surface area contributed by atoms with Crippen LogP contribution >= 0.6 is 22.6 Å². The first-order valence-corrected chi connectivity index (χ1v) is 8.33. The third kappa shape index (κ3) is 3.71. The molecule has 110 valence electrons. The van der Waals surface area contributed by atoms with Crippen LogP contribution in [0.5, 0.6) is 5.75 Å². The molecule has 0 fully saturated rings. The predicted octanol–water partition coefficient (Wildman–Crippen LogP) is 1.90. The van der Waals surface area contributed by atoms with Crippen molar-refractivity contribution >= 4 is 44.2 Å². The molecule has 1 amide bonds. The fourth-order valence-electron chi connectivity index (χ4n) is 1.70. The molecule has 0 aliphatic rings. The lowest BCUT2D eigenvalue weighted by Crippen LogP contribution is -2.18. The Labute approximate surface area is 135 Å². The van der Waals surface area contributed by atoms with E-state index in [0.717, 1.165) is 3.57 Å². The maximum Gasteiger partial charge on any atom is 0.259 e. The number of halogens is 1. The fraction of sp³-hybridized carbons (Fsp3) is 0. The molecule has 8 heteroatoms. The van der Waals surface area contributed by atoms with Gasteiger partial charge >= 0.3 is 0 Å². The molecule has 0 radical (unpaired) electrons. The van der Waals surface area contributed by atoms with Gasteiger partial charge in [0, 0.05) is 3.57 Å². The van der Waals surface area contributed by atoms with Gasteiger partial charge in [-0.25, -0.2) is 13.6 Å². The monoisotopic (exact) mass is 418 g/mol. The molecule has 0 heterocycles. The molecule has 2 rings (SSSR count). The minimum absolute atomic E-state index is 0.0473. The molecule has 0 unspecified atom stereocenters. The van der Waals surface area contributed by atoms with Gasteiger partial charge in [-0.15, -0.1) is 0 Å². The summed E-state index contributed by atoms with van der Waals surface area (Å²) in [4.78, 5) is 12.0. The average Bonchev–Trinajstić information content (AvgIpc) is 2.41. The van der Waals surface area contributed by atoms with Crippen LogP contribution in [0.2, 0.25) is 0 Å². The molecule has 0 atom stereocenters. The number of aromatic hydroxyl groups is 1. The summed E-state index contributed by atoms with van der Waals surface area (Å²) in [6.07, 6.45) is 0. The van der Waals surface area contributed by atoms with Gasteiger partial charge in [0.15, 0.2) is 0 Å². The van der Waals surface area contributed by atoms with Crippen LogP contribution in [0.3, 0.4) is 0 Å². The van der Waals surface area contributed by atoms with Crippen LogP contribution in [0.15, 0.2) is 47.4 Å². The van der Waals surface area contributed by atoms with Crippen molar-refractivity contribution in [3.63, 3.8) is 0 Å². The third-order valence-corrected chi connectivity index (χ3v) is 4.29. The van der Waals surface area contributed by atoms with Crippen LogP contribution in [-0.4, -0.2) is 19.4 Å². The first kappa shape index (κ1) is 15.7. The summed E-state index contributed by atoms with van der Waals surface area (Å²) in [5, 5.41) is 17.2. The number of para-hydroxylation sites is 1. The summed E-state index contributed by atoms with van der Waals surface area (Å²) in [5.41, 5.74) is 0.106. The number of phenolic OH excluding ortho intramolecular Hbond substituents is 1. The third-order valence-electron chi connectivity index (χ3n) is 2.65. The Bertz CT molecular complexity index is 806. The number of carbonyl (C=O) groups is 1. The Morgan fingerprint density at radius 1 is 1.19 bits per heavy atom. The first-order chi connectivity index (χ1) is 9.79. The van der Waals surface area contributed by atoms with Crippen molar-refractivity contribution in [1.29, 1.82) is 0 Å². The van der Waals surface area contributed by atoms with Gasteiger partial charge in [-0.2, -0.15) is 0 Å². The topological polar surface area (TPSA) is 109 Å². The quantitative estimate of drug-likeness (QED) is 0.662. The maximum atomic E-state index is 12.2. The zero-order valence-electron chi connectivity index (χ0n) is 10.6. The van der Waals surface area contributed by atoms with Gasteiger partial charge in [0.25, 0.3) is 5.91 Å². The number of amides is 1. The Kier molecular flexibility index (Phi) is 4.49. The second kappa shape index (κ2) is 6.00. The highest BCUT2D eigenvalue weighted by molar-refractivity contribution is 14.1. The van der Waals surface area contributed by atoms with E-state index in [0.29, 0.717) is 0 Å². The minimum atomic E-state index is -3.96. The number of nitrogens with two attached hydrogens (primary N) is 1. The van der Waals surface area contributed by atoms with Gasteiger partial charge in [0.2, 0.25) is 10.0 Å². The smallest absolute Gasteiger partial charge is 0.259 e. The lowest BCUT2D eigenvalue weighted by atomic mass is 10.2. The van der Waals surface area contributed by atoms with Gasteiger partial charge in [0.05, 0.1) is 11.3 Å². The molecule has 2 aromatic carbocycles. The van der Waals surface area contributed by atoms with E-state index in [4.69, 9.17) is 5.14 Å². The van der Waals surface area contributed by atoms with Crippen LogP contribution < -0.4 is 10.5 Å². The molecular weight excluding hydrogens is 407 g/mol. The molecule has 2 aromatic rings. The number of benzene rings is 2. The summed E-state index contributed by atoms with van der Waals surface area (Å²) in [7, 11) is -3.96. The second-order valence-corrected chi connectivity index (χ2v) is 6.93. The van der Waals surface area contributed by atoms with Crippen molar-refractivity contribution < 1.29 is 18.3 Å². The van der Waals surface area contributed by atoms with E-state index in [-0.39, 0.29) is 21.9 Å². The lowest BCUT2D eigenvalue weighted by molar-refractivity contribution is 0.102. The van der Waals surface area contributed by atoms with Crippen LogP contribution in [-0.2, 0) is 10.0 Å². The SMILES string of the molecule is NS(=O)(=O)c1ccccc1NC(=O)c1cc(I)ccc1O. The van der Waals surface area contributed by atoms with Gasteiger partial charge < -0.3 is 10.4 Å². The van der Waals surface area contributed by atoms with Crippen molar-refractivity contribution in [3.8, 4) is 5.75 Å². The molecule has 0 spiro atoms. The summed E-state index contributed by atoms with van der Waals surface area (Å²) < 4.78 is 23.7. The molecule has 0 aliphatic heterocycles. The summed E-state index contributed by atoms with van der Waals surface area (Å²) >= 11 is 2.00. The average molecular weight is 418 g/mol. The zero-order chi connectivity index (χ0) is 15.6. The number of hydrogen-bond donors (Lipinski definition) is 3. The number of primary sulfonamides is 1. The van der Waals surface area contributed by atoms with Crippen molar-refractivity contribution in [2.75, 3.05) is 5.32 Å². The standard InChI is InChI=1S/C13H11IN2O4S/c14-8-5-6-11(17)9(7-8)13(18)16-10-3-1-2-4-12(10)21(15,19)20/h1-7,17H,(H,16,18)(H2,15,19,20). The molecular formula is C13H11IN2O4S. The van der Waals surface area contributed by atoms with Crippen LogP contribution in [0.4, 0.5) is 5.69 Å². The number of sulfonamides is 1. The van der Waals surface area contributed by atoms with E-state index in [1.165, 1.54) is 30.3 Å². The minimum Gasteiger partial charge on any atom is -0.507 e. The van der Waals surface area contributed by atoms with E-state index in [2.05, 4.69) is 5.32 Å². The largest absolute Gasteiger partial charge is 0.507 e. The number of hydrogen-bond acceptors (Lipinski definition) is 4. The van der Waals surface area contributed by atoms with Gasteiger partial charge in [-0.1, -0.05) is 12.1 Å². The van der Waals surface area contributed by atoms with Crippen molar-refractivity contribution in [2.45, 2.75) is 4.90 Å². The highest BCUT2D eigenvalue weighted by Gasteiger charge is 2.17. The number of rotatable bonds is 3. The number of phenols is 1. The molecule has 0 saturated heterocycles. The van der Waals surface area contributed by atoms with E-state index in [9.17, 15) is 18.3 Å². The number of nitrogens with one attached hydrogen (secondary N) is 1. The molecule has 21 heavy (non-hydrogen) atoms. The number of anilines is 1. The van der Waals surface area contributed by atoms with Gasteiger partial charge in [-0.3, -0.25) is 4.79 Å². The Morgan fingerprint density at radius 3 is 2.52 bits per heavy atom. The zero-order valence-corrected chi connectivity index (χ0v) is 13.6. The number of carbonyl (C=O) groups excluding carboxylic acids is 1. The highest BCUT2D eigenvalue weighted by Crippen LogP contribution is 2.24. The molecule has 4 N–H and O–H groups in total. The summed E-state index contributed by atoms with van der Waals surface area (Å²) in [5.74, 6) is -0.817. The van der Waals surface area contributed by atoms with Crippen LogP contribution in [0.25, 0.3) is 0 Å². The molecule has 0 bridgehead atoms. The normalized spacial score (nSPS) is 11.1. The summed E-state index contributed by atoms with van der Waals surface area (Å²) in [6, 6.07) is 10.3. The van der Waals surface area contributed by atoms with E-state index in [1.54, 1.807) is 12.1 Å². The van der Waals surface area contributed by atoms with Crippen molar-refractivity contribution in [3.05, 3.63) is 51.6 Å². The van der Waals surface area contributed by atoms with Gasteiger partial charge in [0.1, 0.15) is 10.6 Å². The van der Waals surface area contributed by atoms with Crippen LogP contribution in [0.1, 0.15) is 10.4 Å². The molecule has 0 aliphatic carbocycles. The molecule has 0 saturated carbocycles. The molecule has 0 aromatic heterocycles. The lowest BCUT2D eigenvalue weighted by Gasteiger charge is -2.10. The van der Waals surface area contributed by atoms with Gasteiger partial charge in [-0.05, 0) is 52.9 Å². The second-order valence-electron chi connectivity index (χ2n) is 4.16. The first-order valence-electron chi connectivity index (χ1n) is 5.71. The maximum absolute atomic E-state index is 12.2. The Hall–Kier alpha value is -1.65. The van der Waals surface area contributed by atoms with E-state index in [1.807, 2.05) is 22.6 Å². The van der Waals surface area contributed by atoms with Crippen LogP contribution in [0, 0.1) is 3.57 Å². The van der Waals surface area contributed by atoms with Crippen molar-refractivity contribution in [2.24, 2.45) is 5.14 Å². The van der Waals surface area contributed by atoms with Crippen molar-refractivity contribution in [1.82, 2.24) is 0 Å². The predicted molar refractivity (Wildman–Crippen MR) is 86.6 cm³/mol. The highest BCUT2D eigenvalue weighted by atomic mass is 127. The fourth-order valence-corrected chi connectivity index (χ4v) is 2.88. The van der Waals surface area contributed by atoms with E-state index < -0.39 is 15.9 Å². The Balaban J connectivity index is 2.39. The van der Waals surface area contributed by atoms with E-state index >= 15 is 0 Å². The Morgan fingerprint density at radius 2 is 1.86 bits per heavy atom.